The Labute approximate surface area is 115 Å². The third kappa shape index (κ3) is 3.74. The molecular weight excluding hydrogens is 266 g/mol. The Kier molecular flexibility index (Phi) is 4.38. The first-order chi connectivity index (χ1) is 9.16. The number of hydrogen-bond acceptors (Lipinski definition) is 5. The Morgan fingerprint density at radius 1 is 1.15 bits per heavy atom. The van der Waals surface area contributed by atoms with Crippen LogP contribution < -0.4 is 5.32 Å². The maximum Gasteiger partial charge on any atom is 0.277 e. The average molecular weight is 281 g/mol. The molecule has 8 nitrogen and oxygen atoms in total. The number of amides is 1. The fourth-order valence-corrected chi connectivity index (χ4v) is 1.40. The van der Waals surface area contributed by atoms with Crippen molar-refractivity contribution < 1.29 is 14.6 Å². The van der Waals surface area contributed by atoms with Crippen molar-refractivity contribution in [2.75, 3.05) is 0 Å². The molecule has 0 saturated carbocycles. The molecule has 1 amide bonds. The molecule has 0 aromatic heterocycles. The summed E-state index contributed by atoms with van der Waals surface area (Å²) in [6.45, 7) is 5.45. The third-order valence-electron chi connectivity index (χ3n) is 2.92. The summed E-state index contributed by atoms with van der Waals surface area (Å²) >= 11 is 0. The molecule has 108 valence electrons. The molecular formula is C12H15N3O5. The van der Waals surface area contributed by atoms with Crippen LogP contribution in [-0.4, -0.2) is 21.3 Å². The van der Waals surface area contributed by atoms with E-state index in [2.05, 4.69) is 5.32 Å². The summed E-state index contributed by atoms with van der Waals surface area (Å²) in [4.78, 5) is 32.0. The smallest absolute Gasteiger partial charge is 0.277 e. The molecule has 0 saturated heterocycles. The van der Waals surface area contributed by atoms with Crippen LogP contribution in [0.1, 0.15) is 37.6 Å². The lowest BCUT2D eigenvalue weighted by atomic mass is 10.0. The van der Waals surface area contributed by atoms with Crippen molar-refractivity contribution in [1.29, 1.82) is 0 Å². The van der Waals surface area contributed by atoms with Gasteiger partial charge in [-0.25, -0.2) is 0 Å². The molecule has 1 aromatic rings. The molecule has 0 aliphatic rings. The van der Waals surface area contributed by atoms with Crippen LogP contribution in [0.2, 0.25) is 0 Å². The van der Waals surface area contributed by atoms with Gasteiger partial charge in [-0.15, -0.1) is 0 Å². The van der Waals surface area contributed by atoms with Gasteiger partial charge in [-0.2, -0.15) is 0 Å². The van der Waals surface area contributed by atoms with E-state index >= 15 is 0 Å². The molecule has 0 fully saturated rings. The zero-order valence-electron chi connectivity index (χ0n) is 11.4. The normalized spacial score (nSPS) is 10.9. The van der Waals surface area contributed by atoms with E-state index in [1.807, 2.05) is 6.92 Å². The van der Waals surface area contributed by atoms with Gasteiger partial charge >= 0.3 is 0 Å². The molecule has 0 aliphatic carbocycles. The van der Waals surface area contributed by atoms with E-state index in [-0.39, 0.29) is 5.56 Å². The van der Waals surface area contributed by atoms with Gasteiger partial charge < -0.3 is 5.32 Å². The van der Waals surface area contributed by atoms with Gasteiger partial charge in [0.1, 0.15) is 0 Å². The number of carbonyl (C=O) groups excluding carboxylic acids is 1. The highest BCUT2D eigenvalue weighted by Crippen LogP contribution is 2.23. The van der Waals surface area contributed by atoms with Crippen LogP contribution in [0.4, 0.5) is 11.4 Å². The molecule has 1 N–H and O–H groups in total. The van der Waals surface area contributed by atoms with Gasteiger partial charge in [0.05, 0.1) is 21.5 Å². The van der Waals surface area contributed by atoms with Crippen LogP contribution in [0.5, 0.6) is 0 Å². The lowest BCUT2D eigenvalue weighted by Crippen LogP contribution is -2.42. The highest BCUT2D eigenvalue weighted by Gasteiger charge is 2.23. The van der Waals surface area contributed by atoms with Crippen molar-refractivity contribution in [1.82, 2.24) is 5.32 Å². The first-order valence-corrected chi connectivity index (χ1v) is 5.92. The van der Waals surface area contributed by atoms with Gasteiger partial charge in [-0.3, -0.25) is 25.0 Å². The maximum absolute atomic E-state index is 12.0. The molecule has 0 radical (unpaired) electrons. The Bertz CT molecular complexity index is 536. The van der Waals surface area contributed by atoms with E-state index in [0.717, 1.165) is 18.2 Å². The van der Waals surface area contributed by atoms with Gasteiger partial charge in [-0.05, 0) is 20.3 Å². The fourth-order valence-electron chi connectivity index (χ4n) is 1.40. The topological polar surface area (TPSA) is 115 Å². The van der Waals surface area contributed by atoms with Crippen molar-refractivity contribution in [2.24, 2.45) is 0 Å². The molecule has 0 bridgehead atoms. The van der Waals surface area contributed by atoms with Crippen molar-refractivity contribution >= 4 is 17.3 Å². The number of hydrogen-bond donors (Lipinski definition) is 1. The molecule has 0 heterocycles. The van der Waals surface area contributed by atoms with E-state index in [0.29, 0.717) is 6.42 Å². The van der Waals surface area contributed by atoms with Crippen molar-refractivity contribution in [2.45, 2.75) is 32.7 Å². The number of nitro groups is 2. The van der Waals surface area contributed by atoms with E-state index in [9.17, 15) is 25.0 Å². The summed E-state index contributed by atoms with van der Waals surface area (Å²) < 4.78 is 0. The van der Waals surface area contributed by atoms with E-state index in [1.54, 1.807) is 13.8 Å². The zero-order valence-corrected chi connectivity index (χ0v) is 11.4. The number of nitrogens with zero attached hydrogens (tertiary/aromatic N) is 2. The monoisotopic (exact) mass is 281 g/mol. The molecule has 0 spiro atoms. The van der Waals surface area contributed by atoms with Crippen molar-refractivity contribution in [3.8, 4) is 0 Å². The standard InChI is InChI=1S/C12H15N3O5/c1-4-12(2,3)13-11(16)8-5-9(14(17)18)7-10(6-8)15(19)20/h5-7H,4H2,1-3H3,(H,13,16). The molecule has 0 atom stereocenters. The molecule has 8 heteroatoms. The number of benzene rings is 1. The first kappa shape index (κ1) is 15.5. The molecule has 0 aliphatic heterocycles. The summed E-state index contributed by atoms with van der Waals surface area (Å²) in [5.74, 6) is -0.580. The molecule has 20 heavy (non-hydrogen) atoms. The number of carbonyl (C=O) groups is 1. The maximum atomic E-state index is 12.0. The number of non-ortho nitro benzene ring substituents is 2. The van der Waals surface area contributed by atoms with Crippen LogP contribution in [0.25, 0.3) is 0 Å². The molecule has 0 unspecified atom stereocenters. The van der Waals surface area contributed by atoms with E-state index < -0.39 is 32.7 Å². The van der Waals surface area contributed by atoms with Crippen LogP contribution in [0, 0.1) is 20.2 Å². The van der Waals surface area contributed by atoms with Crippen LogP contribution >= 0.6 is 0 Å². The van der Waals surface area contributed by atoms with Crippen molar-refractivity contribution in [3.63, 3.8) is 0 Å². The van der Waals surface area contributed by atoms with E-state index in [4.69, 9.17) is 0 Å². The fraction of sp³-hybridized carbons (Fsp3) is 0.417. The third-order valence-corrected chi connectivity index (χ3v) is 2.92. The Hall–Kier alpha value is -2.51. The summed E-state index contributed by atoms with van der Waals surface area (Å²) in [7, 11) is 0. The van der Waals surface area contributed by atoms with Gasteiger partial charge in [-0.1, -0.05) is 6.92 Å². The largest absolute Gasteiger partial charge is 0.347 e. The Balaban J connectivity index is 3.20. The lowest BCUT2D eigenvalue weighted by Gasteiger charge is -2.24. The van der Waals surface area contributed by atoms with E-state index in [1.165, 1.54) is 0 Å². The van der Waals surface area contributed by atoms with Gasteiger partial charge in [0.25, 0.3) is 17.3 Å². The minimum atomic E-state index is -0.769. The number of rotatable bonds is 5. The summed E-state index contributed by atoms with van der Waals surface area (Å²) in [6.07, 6.45) is 0.649. The highest BCUT2D eigenvalue weighted by molar-refractivity contribution is 5.96. The second-order valence-corrected chi connectivity index (χ2v) is 4.94. The minimum absolute atomic E-state index is 0.104. The van der Waals surface area contributed by atoms with Gasteiger partial charge in [0.2, 0.25) is 0 Å². The van der Waals surface area contributed by atoms with Crippen LogP contribution in [0.15, 0.2) is 18.2 Å². The SMILES string of the molecule is CCC(C)(C)NC(=O)c1cc([N+](=O)[O-])cc([N+](=O)[O-])c1. The Morgan fingerprint density at radius 3 is 1.95 bits per heavy atom. The number of nitrogens with one attached hydrogen (secondary N) is 1. The molecule has 1 aromatic carbocycles. The summed E-state index contributed by atoms with van der Waals surface area (Å²) in [6, 6.07) is 2.86. The van der Waals surface area contributed by atoms with Gasteiger partial charge in [0, 0.05) is 17.7 Å². The van der Waals surface area contributed by atoms with Crippen LogP contribution in [0.3, 0.4) is 0 Å². The van der Waals surface area contributed by atoms with Crippen LogP contribution in [-0.2, 0) is 0 Å². The second-order valence-electron chi connectivity index (χ2n) is 4.94. The first-order valence-electron chi connectivity index (χ1n) is 5.92. The quantitative estimate of drug-likeness (QED) is 0.657. The van der Waals surface area contributed by atoms with Gasteiger partial charge in [0.15, 0.2) is 0 Å². The zero-order chi connectivity index (χ0) is 15.5. The summed E-state index contributed by atoms with van der Waals surface area (Å²) in [5, 5.41) is 24.2. The lowest BCUT2D eigenvalue weighted by molar-refractivity contribution is -0.394. The predicted octanol–water partition coefficient (Wildman–Crippen LogP) is 2.42. The Morgan fingerprint density at radius 2 is 1.60 bits per heavy atom. The van der Waals surface area contributed by atoms with Crippen molar-refractivity contribution in [3.05, 3.63) is 44.0 Å². The second kappa shape index (κ2) is 5.64. The summed E-state index contributed by atoms with van der Waals surface area (Å²) in [5.41, 5.74) is -1.58. The number of nitro benzene ring substituents is 2. The average Bonchev–Trinajstić information content (AvgIpc) is 2.37. The highest BCUT2D eigenvalue weighted by atomic mass is 16.6. The minimum Gasteiger partial charge on any atom is -0.347 e. The molecule has 1 rings (SSSR count). The predicted molar refractivity (Wildman–Crippen MR) is 71.6 cm³/mol.